The predicted octanol–water partition coefficient (Wildman–Crippen LogP) is 3.95. The average molecular weight is 427 g/mol. The zero-order chi connectivity index (χ0) is 21.7. The molecule has 1 amide bonds. The maximum absolute atomic E-state index is 14.5. The van der Waals surface area contributed by atoms with Crippen molar-refractivity contribution in [2.24, 2.45) is 0 Å². The second kappa shape index (κ2) is 9.09. The first-order valence-electron chi connectivity index (χ1n) is 9.44. The van der Waals surface area contributed by atoms with Crippen molar-refractivity contribution in [2.75, 3.05) is 10.8 Å². The van der Waals surface area contributed by atoms with Crippen molar-refractivity contribution >= 4 is 21.6 Å². The van der Waals surface area contributed by atoms with Gasteiger partial charge in [-0.2, -0.15) is 0 Å². The number of hydrogen-bond acceptors (Lipinski definition) is 3. The summed E-state index contributed by atoms with van der Waals surface area (Å²) in [5.41, 5.74) is 2.65. The molecule has 0 saturated carbocycles. The Balaban J connectivity index is 1.88. The van der Waals surface area contributed by atoms with E-state index in [0.29, 0.717) is 0 Å². The van der Waals surface area contributed by atoms with Gasteiger partial charge in [0.05, 0.1) is 10.6 Å². The fourth-order valence-electron chi connectivity index (χ4n) is 2.98. The van der Waals surface area contributed by atoms with Crippen LogP contribution >= 0.6 is 0 Å². The Morgan fingerprint density at radius 1 is 0.933 bits per heavy atom. The summed E-state index contributed by atoms with van der Waals surface area (Å²) in [5.74, 6) is -1.25. The van der Waals surface area contributed by atoms with Gasteiger partial charge >= 0.3 is 0 Å². The first kappa shape index (κ1) is 21.5. The quantitative estimate of drug-likeness (QED) is 0.622. The van der Waals surface area contributed by atoms with Crippen LogP contribution in [0, 0.1) is 19.7 Å². The van der Waals surface area contributed by atoms with E-state index in [1.165, 1.54) is 30.3 Å². The van der Waals surface area contributed by atoms with E-state index in [1.807, 2.05) is 38.1 Å². The van der Waals surface area contributed by atoms with Gasteiger partial charge in [-0.05, 0) is 49.2 Å². The van der Waals surface area contributed by atoms with Crippen LogP contribution in [0.15, 0.2) is 77.7 Å². The highest BCUT2D eigenvalue weighted by molar-refractivity contribution is 7.92. The Bertz CT molecular complexity index is 1150. The van der Waals surface area contributed by atoms with Crippen molar-refractivity contribution in [3.05, 3.63) is 95.3 Å². The number of halogens is 1. The molecule has 7 heteroatoms. The van der Waals surface area contributed by atoms with E-state index < -0.39 is 28.3 Å². The Hall–Kier alpha value is -3.19. The Morgan fingerprint density at radius 3 is 2.23 bits per heavy atom. The van der Waals surface area contributed by atoms with Crippen LogP contribution in [-0.4, -0.2) is 20.9 Å². The van der Waals surface area contributed by atoms with Crippen molar-refractivity contribution in [3.8, 4) is 0 Å². The molecule has 0 spiro atoms. The van der Waals surface area contributed by atoms with Crippen LogP contribution in [0.1, 0.15) is 16.7 Å². The summed E-state index contributed by atoms with van der Waals surface area (Å²) in [6.45, 7) is 3.48. The van der Waals surface area contributed by atoms with Crippen LogP contribution in [0.5, 0.6) is 0 Å². The van der Waals surface area contributed by atoms with E-state index >= 15 is 0 Å². The third-order valence-electron chi connectivity index (χ3n) is 4.75. The van der Waals surface area contributed by atoms with Gasteiger partial charge < -0.3 is 5.32 Å². The monoisotopic (exact) mass is 426 g/mol. The van der Waals surface area contributed by atoms with E-state index in [-0.39, 0.29) is 17.1 Å². The van der Waals surface area contributed by atoms with Gasteiger partial charge in [-0.25, -0.2) is 12.8 Å². The summed E-state index contributed by atoms with van der Waals surface area (Å²) >= 11 is 0. The maximum atomic E-state index is 14.5. The number of rotatable bonds is 7. The third kappa shape index (κ3) is 4.86. The number of carbonyl (C=O) groups is 1. The molecule has 3 aromatic carbocycles. The number of benzene rings is 3. The highest BCUT2D eigenvalue weighted by atomic mass is 32.2. The fraction of sp³-hybridized carbons (Fsp3) is 0.174. The largest absolute Gasteiger partial charge is 0.350 e. The van der Waals surface area contributed by atoms with Crippen LogP contribution in [0.25, 0.3) is 0 Å². The number of nitrogens with zero attached hydrogens (tertiary/aromatic N) is 1. The number of carbonyl (C=O) groups excluding carboxylic acids is 1. The molecule has 0 unspecified atom stereocenters. The molecule has 156 valence electrons. The van der Waals surface area contributed by atoms with Gasteiger partial charge in [0.2, 0.25) is 5.91 Å². The first-order valence-corrected chi connectivity index (χ1v) is 10.9. The Kier molecular flexibility index (Phi) is 6.52. The van der Waals surface area contributed by atoms with E-state index in [9.17, 15) is 17.6 Å². The lowest BCUT2D eigenvalue weighted by molar-refractivity contribution is -0.119. The van der Waals surface area contributed by atoms with Gasteiger partial charge in [0.15, 0.2) is 0 Å². The van der Waals surface area contributed by atoms with Gasteiger partial charge in [-0.1, -0.05) is 54.1 Å². The lowest BCUT2D eigenvalue weighted by Gasteiger charge is -2.24. The summed E-state index contributed by atoms with van der Waals surface area (Å²) in [5, 5.41) is 2.72. The number of nitrogens with one attached hydrogen (secondary N) is 1. The normalized spacial score (nSPS) is 11.2. The minimum Gasteiger partial charge on any atom is -0.350 e. The van der Waals surface area contributed by atoms with Crippen LogP contribution < -0.4 is 9.62 Å². The first-order chi connectivity index (χ1) is 14.3. The van der Waals surface area contributed by atoms with Crippen LogP contribution in [0.4, 0.5) is 10.1 Å². The van der Waals surface area contributed by atoms with Gasteiger partial charge in [0.25, 0.3) is 10.0 Å². The average Bonchev–Trinajstić information content (AvgIpc) is 2.72. The minimum absolute atomic E-state index is 0.0111. The summed E-state index contributed by atoms with van der Waals surface area (Å²) < 4.78 is 41.8. The predicted molar refractivity (Wildman–Crippen MR) is 115 cm³/mol. The second-order valence-electron chi connectivity index (χ2n) is 6.98. The molecule has 0 fully saturated rings. The number of para-hydroxylation sites is 1. The molecule has 1 N–H and O–H groups in total. The number of aryl methyl sites for hydroxylation is 2. The van der Waals surface area contributed by atoms with Crippen molar-refractivity contribution in [1.82, 2.24) is 5.32 Å². The molecule has 0 radical (unpaired) electrons. The van der Waals surface area contributed by atoms with Gasteiger partial charge in [-0.15, -0.1) is 0 Å². The van der Waals surface area contributed by atoms with Crippen molar-refractivity contribution < 1.29 is 17.6 Å². The molecule has 0 atom stereocenters. The molecule has 0 aliphatic carbocycles. The van der Waals surface area contributed by atoms with Crippen molar-refractivity contribution in [3.63, 3.8) is 0 Å². The number of anilines is 1. The molecule has 3 rings (SSSR count). The minimum atomic E-state index is -4.15. The molecule has 30 heavy (non-hydrogen) atoms. The molecular weight excluding hydrogens is 403 g/mol. The summed E-state index contributed by atoms with van der Waals surface area (Å²) in [7, 11) is -4.15. The maximum Gasteiger partial charge on any atom is 0.264 e. The molecular formula is C23H23FN2O3S. The molecule has 0 aliphatic rings. The molecule has 5 nitrogen and oxygen atoms in total. The smallest absolute Gasteiger partial charge is 0.264 e. The Morgan fingerprint density at radius 2 is 1.57 bits per heavy atom. The molecule has 3 aromatic rings. The van der Waals surface area contributed by atoms with Crippen LogP contribution in [0.2, 0.25) is 0 Å². The van der Waals surface area contributed by atoms with Crippen LogP contribution in [-0.2, 0) is 21.4 Å². The van der Waals surface area contributed by atoms with E-state index in [0.717, 1.165) is 27.1 Å². The summed E-state index contributed by atoms with van der Waals surface area (Å²) in [6.07, 6.45) is 0. The third-order valence-corrected chi connectivity index (χ3v) is 6.53. The van der Waals surface area contributed by atoms with E-state index in [1.54, 1.807) is 12.1 Å². The summed E-state index contributed by atoms with van der Waals surface area (Å²) in [6, 6.07) is 19.3. The second-order valence-corrected chi connectivity index (χ2v) is 8.84. The number of sulfonamides is 1. The Labute approximate surface area is 176 Å². The lowest BCUT2D eigenvalue weighted by atomic mass is 10.1. The van der Waals surface area contributed by atoms with Crippen LogP contribution in [0.3, 0.4) is 0 Å². The standard InChI is InChI=1S/C23H23FN2O3S/c1-17-11-13-20(14-12-17)30(28,29)26(22-10-6-5-9-21(22)24)16-23(27)25-15-19-8-4-3-7-18(19)2/h3-14H,15-16H2,1-2H3,(H,25,27). The molecule has 0 heterocycles. The molecule has 0 aromatic heterocycles. The highest BCUT2D eigenvalue weighted by Crippen LogP contribution is 2.26. The van der Waals surface area contributed by atoms with Gasteiger partial charge in [-0.3, -0.25) is 9.10 Å². The molecule has 0 aliphatic heterocycles. The fourth-order valence-corrected chi connectivity index (χ4v) is 4.41. The lowest BCUT2D eigenvalue weighted by Crippen LogP contribution is -2.41. The van der Waals surface area contributed by atoms with Crippen molar-refractivity contribution in [2.45, 2.75) is 25.3 Å². The van der Waals surface area contributed by atoms with E-state index in [4.69, 9.17) is 0 Å². The zero-order valence-corrected chi connectivity index (χ0v) is 17.6. The topological polar surface area (TPSA) is 66.5 Å². The molecule has 0 saturated heterocycles. The molecule has 0 bridgehead atoms. The number of amides is 1. The van der Waals surface area contributed by atoms with Gasteiger partial charge in [0, 0.05) is 6.54 Å². The van der Waals surface area contributed by atoms with Crippen molar-refractivity contribution in [1.29, 1.82) is 0 Å². The zero-order valence-electron chi connectivity index (χ0n) is 16.8. The summed E-state index contributed by atoms with van der Waals surface area (Å²) in [4.78, 5) is 12.6. The van der Waals surface area contributed by atoms with Gasteiger partial charge in [0.1, 0.15) is 12.4 Å². The van der Waals surface area contributed by atoms with E-state index in [2.05, 4.69) is 5.32 Å². The number of hydrogen-bond donors (Lipinski definition) is 1. The highest BCUT2D eigenvalue weighted by Gasteiger charge is 2.29. The SMILES string of the molecule is Cc1ccc(S(=O)(=O)N(CC(=O)NCc2ccccc2C)c2ccccc2F)cc1.